The van der Waals surface area contributed by atoms with Crippen LogP contribution in [0.4, 0.5) is 0 Å². The number of carbonyl (C=O) groups is 1. The molecule has 1 fully saturated rings. The summed E-state index contributed by atoms with van der Waals surface area (Å²) >= 11 is 6.21. The Hall–Kier alpha value is -1.22. The molecular weight excluding hydrogens is 264 g/mol. The van der Waals surface area contributed by atoms with Gasteiger partial charge in [0.25, 0.3) is 0 Å². The van der Waals surface area contributed by atoms with Crippen molar-refractivity contribution in [1.82, 2.24) is 0 Å². The molecule has 0 aliphatic heterocycles. The number of aryl methyl sites for hydroxylation is 1. The molecule has 104 valence electrons. The number of aliphatic carboxylic acids is 1. The lowest BCUT2D eigenvalue weighted by atomic mass is 9.86. The van der Waals surface area contributed by atoms with Crippen molar-refractivity contribution in [2.45, 2.75) is 39.0 Å². The molecule has 1 unspecified atom stereocenters. The molecule has 2 rings (SSSR count). The monoisotopic (exact) mass is 282 g/mol. The lowest BCUT2D eigenvalue weighted by Crippen LogP contribution is -2.20. The predicted octanol–water partition coefficient (Wildman–Crippen LogP) is 4.02. The van der Waals surface area contributed by atoms with Gasteiger partial charge in [-0.2, -0.15) is 0 Å². The highest BCUT2D eigenvalue weighted by molar-refractivity contribution is 6.32. The maximum absolute atomic E-state index is 11.2. The van der Waals surface area contributed by atoms with E-state index in [0.717, 1.165) is 5.56 Å². The van der Waals surface area contributed by atoms with Crippen LogP contribution in [0.25, 0.3) is 0 Å². The van der Waals surface area contributed by atoms with Gasteiger partial charge in [-0.15, -0.1) is 0 Å². The van der Waals surface area contributed by atoms with Crippen LogP contribution in [-0.2, 0) is 4.79 Å². The van der Waals surface area contributed by atoms with Crippen molar-refractivity contribution in [3.05, 3.63) is 28.3 Å². The Morgan fingerprint density at radius 2 is 2.21 bits per heavy atom. The van der Waals surface area contributed by atoms with Crippen molar-refractivity contribution in [1.29, 1.82) is 0 Å². The summed E-state index contributed by atoms with van der Waals surface area (Å²) in [5.41, 5.74) is 1.61. The summed E-state index contributed by atoms with van der Waals surface area (Å²) in [4.78, 5) is 11.2. The van der Waals surface area contributed by atoms with E-state index in [-0.39, 0.29) is 0 Å². The standard InChI is InChI=1S/C15H19ClO3/c1-9-6-12(10(2)15(17)18)14(13(16)7-9)19-8-11-4-3-5-11/h6-7,10-11H,3-5,8H2,1-2H3,(H,17,18). The molecule has 1 aromatic carbocycles. The van der Waals surface area contributed by atoms with E-state index >= 15 is 0 Å². The molecule has 0 spiro atoms. The zero-order valence-electron chi connectivity index (χ0n) is 11.3. The zero-order chi connectivity index (χ0) is 14.0. The minimum Gasteiger partial charge on any atom is -0.491 e. The number of ether oxygens (including phenoxy) is 1. The predicted molar refractivity (Wildman–Crippen MR) is 75.1 cm³/mol. The molecule has 0 radical (unpaired) electrons. The van der Waals surface area contributed by atoms with Crippen molar-refractivity contribution in [2.75, 3.05) is 6.61 Å². The number of hydrogen-bond acceptors (Lipinski definition) is 2. The second-order valence-corrected chi connectivity index (χ2v) is 5.74. The van der Waals surface area contributed by atoms with Gasteiger partial charge in [-0.3, -0.25) is 4.79 Å². The third-order valence-corrected chi connectivity index (χ3v) is 4.02. The van der Waals surface area contributed by atoms with Crippen LogP contribution in [0.2, 0.25) is 5.02 Å². The molecule has 0 heterocycles. The molecule has 1 aromatic rings. The molecule has 0 saturated heterocycles. The fourth-order valence-corrected chi connectivity index (χ4v) is 2.56. The highest BCUT2D eigenvalue weighted by atomic mass is 35.5. The van der Waals surface area contributed by atoms with Crippen LogP contribution < -0.4 is 4.74 Å². The van der Waals surface area contributed by atoms with E-state index in [1.54, 1.807) is 6.92 Å². The molecule has 0 amide bonds. The van der Waals surface area contributed by atoms with Gasteiger partial charge in [0.2, 0.25) is 0 Å². The highest BCUT2D eigenvalue weighted by Crippen LogP contribution is 2.36. The van der Waals surface area contributed by atoms with Crippen LogP contribution in [-0.4, -0.2) is 17.7 Å². The van der Waals surface area contributed by atoms with Crippen LogP contribution in [0.3, 0.4) is 0 Å². The van der Waals surface area contributed by atoms with E-state index in [9.17, 15) is 9.90 Å². The second-order valence-electron chi connectivity index (χ2n) is 5.33. The van der Waals surface area contributed by atoms with Crippen molar-refractivity contribution in [3.63, 3.8) is 0 Å². The first-order valence-corrected chi connectivity index (χ1v) is 7.02. The van der Waals surface area contributed by atoms with Gasteiger partial charge < -0.3 is 9.84 Å². The van der Waals surface area contributed by atoms with Crippen LogP contribution in [0.1, 0.15) is 43.2 Å². The summed E-state index contributed by atoms with van der Waals surface area (Å²) in [5, 5.41) is 9.68. The summed E-state index contributed by atoms with van der Waals surface area (Å²) in [7, 11) is 0. The molecule has 1 aliphatic rings. The lowest BCUT2D eigenvalue weighted by molar-refractivity contribution is -0.138. The molecule has 1 saturated carbocycles. The summed E-state index contributed by atoms with van der Waals surface area (Å²) in [6.07, 6.45) is 3.63. The van der Waals surface area contributed by atoms with E-state index in [1.807, 2.05) is 19.1 Å². The van der Waals surface area contributed by atoms with Crippen molar-refractivity contribution < 1.29 is 14.6 Å². The van der Waals surface area contributed by atoms with E-state index in [2.05, 4.69) is 0 Å². The van der Waals surface area contributed by atoms with Gasteiger partial charge in [0, 0.05) is 5.56 Å². The Kier molecular flexibility index (Phi) is 4.35. The summed E-state index contributed by atoms with van der Waals surface area (Å²) in [6, 6.07) is 3.66. The van der Waals surface area contributed by atoms with Crippen LogP contribution in [0.15, 0.2) is 12.1 Å². The zero-order valence-corrected chi connectivity index (χ0v) is 12.0. The van der Waals surface area contributed by atoms with E-state index in [4.69, 9.17) is 16.3 Å². The second kappa shape index (κ2) is 5.83. The Balaban J connectivity index is 2.24. The summed E-state index contributed by atoms with van der Waals surface area (Å²) < 4.78 is 5.80. The van der Waals surface area contributed by atoms with E-state index in [0.29, 0.717) is 28.9 Å². The molecule has 4 heteroatoms. The fourth-order valence-electron chi connectivity index (χ4n) is 2.22. The average molecular weight is 283 g/mol. The number of hydrogen-bond donors (Lipinski definition) is 1. The van der Waals surface area contributed by atoms with Crippen molar-refractivity contribution in [3.8, 4) is 5.75 Å². The Labute approximate surface area is 118 Å². The third-order valence-electron chi connectivity index (χ3n) is 3.74. The van der Waals surface area contributed by atoms with Gasteiger partial charge in [0.15, 0.2) is 0 Å². The van der Waals surface area contributed by atoms with Crippen LogP contribution >= 0.6 is 11.6 Å². The number of carboxylic acid groups (broad SMARTS) is 1. The van der Waals surface area contributed by atoms with Gasteiger partial charge in [0.1, 0.15) is 5.75 Å². The van der Waals surface area contributed by atoms with Crippen LogP contribution in [0.5, 0.6) is 5.75 Å². The van der Waals surface area contributed by atoms with E-state index < -0.39 is 11.9 Å². The molecule has 1 N–H and O–H groups in total. The largest absolute Gasteiger partial charge is 0.491 e. The Morgan fingerprint density at radius 1 is 1.53 bits per heavy atom. The van der Waals surface area contributed by atoms with Crippen molar-refractivity contribution in [2.24, 2.45) is 5.92 Å². The first-order valence-electron chi connectivity index (χ1n) is 6.64. The minimum atomic E-state index is -0.866. The molecule has 3 nitrogen and oxygen atoms in total. The van der Waals surface area contributed by atoms with Gasteiger partial charge in [-0.25, -0.2) is 0 Å². The number of halogens is 1. The van der Waals surface area contributed by atoms with Gasteiger partial charge in [-0.1, -0.05) is 24.1 Å². The molecule has 1 atom stereocenters. The maximum Gasteiger partial charge on any atom is 0.310 e. The number of benzene rings is 1. The highest BCUT2D eigenvalue weighted by Gasteiger charge is 2.23. The van der Waals surface area contributed by atoms with Crippen molar-refractivity contribution >= 4 is 17.6 Å². The molecule has 0 bridgehead atoms. The number of carboxylic acids is 1. The Bertz CT molecular complexity index is 481. The molecular formula is C15H19ClO3. The number of rotatable bonds is 5. The smallest absolute Gasteiger partial charge is 0.310 e. The third kappa shape index (κ3) is 3.21. The molecule has 0 aromatic heterocycles. The first-order chi connectivity index (χ1) is 8.99. The maximum atomic E-state index is 11.2. The topological polar surface area (TPSA) is 46.5 Å². The molecule has 19 heavy (non-hydrogen) atoms. The van der Waals surface area contributed by atoms with Gasteiger partial charge in [-0.05, 0) is 44.2 Å². The van der Waals surface area contributed by atoms with Crippen LogP contribution in [0, 0.1) is 12.8 Å². The molecule has 1 aliphatic carbocycles. The minimum absolute atomic E-state index is 0.502. The normalized spacial score (nSPS) is 16.8. The summed E-state index contributed by atoms with van der Waals surface area (Å²) in [6.45, 7) is 4.19. The summed E-state index contributed by atoms with van der Waals surface area (Å²) in [5.74, 6) is -0.358. The first kappa shape index (κ1) is 14.2. The van der Waals surface area contributed by atoms with Gasteiger partial charge >= 0.3 is 5.97 Å². The Morgan fingerprint density at radius 3 is 2.74 bits per heavy atom. The SMILES string of the molecule is Cc1cc(Cl)c(OCC2CCC2)c(C(C)C(=O)O)c1. The average Bonchev–Trinajstić information content (AvgIpc) is 2.27. The fraction of sp³-hybridized carbons (Fsp3) is 0.533. The lowest BCUT2D eigenvalue weighted by Gasteiger charge is -2.26. The quantitative estimate of drug-likeness (QED) is 0.887. The van der Waals surface area contributed by atoms with Gasteiger partial charge in [0.05, 0.1) is 17.5 Å². The van der Waals surface area contributed by atoms with E-state index in [1.165, 1.54) is 19.3 Å².